The zero-order valence-electron chi connectivity index (χ0n) is 11.2. The Hall–Kier alpha value is -1.35. The second-order valence-electron chi connectivity index (χ2n) is 4.88. The lowest BCUT2D eigenvalue weighted by Crippen LogP contribution is -2.36. The minimum Gasteiger partial charge on any atom is -0.492 e. The average Bonchev–Trinajstić information content (AvgIpc) is 2.38. The van der Waals surface area contributed by atoms with Gasteiger partial charge < -0.3 is 10.1 Å². The number of ether oxygens (including phenoxy) is 1. The number of aryl methyl sites for hydroxylation is 1. The molecule has 3 nitrogen and oxygen atoms in total. The SMILES string of the molecule is CCCCNC[C@H]1COc2c(C)cccc2C1=O. The summed E-state index contributed by atoms with van der Waals surface area (Å²) >= 11 is 0. The minimum atomic E-state index is -0.0452. The van der Waals surface area contributed by atoms with Gasteiger partial charge in [0.2, 0.25) is 0 Å². The maximum atomic E-state index is 12.3. The van der Waals surface area contributed by atoms with Crippen LogP contribution >= 0.6 is 0 Å². The topological polar surface area (TPSA) is 38.3 Å². The first-order valence-electron chi connectivity index (χ1n) is 6.71. The third kappa shape index (κ3) is 2.72. The number of carbonyl (C=O) groups is 1. The summed E-state index contributed by atoms with van der Waals surface area (Å²) in [5, 5.41) is 3.33. The molecule has 1 aromatic rings. The lowest BCUT2D eigenvalue weighted by molar-refractivity contribution is 0.0829. The molecule has 1 aliphatic rings. The van der Waals surface area contributed by atoms with Crippen LogP contribution < -0.4 is 10.1 Å². The van der Waals surface area contributed by atoms with E-state index in [1.54, 1.807) is 0 Å². The Morgan fingerprint density at radius 3 is 3.06 bits per heavy atom. The van der Waals surface area contributed by atoms with Crippen LogP contribution in [0.5, 0.6) is 5.75 Å². The largest absolute Gasteiger partial charge is 0.492 e. The predicted octanol–water partition coefficient (Wildman–Crippen LogP) is 2.58. The van der Waals surface area contributed by atoms with Crippen molar-refractivity contribution >= 4 is 5.78 Å². The molecule has 1 aromatic carbocycles. The van der Waals surface area contributed by atoms with Gasteiger partial charge in [-0.15, -0.1) is 0 Å². The van der Waals surface area contributed by atoms with Gasteiger partial charge in [0.25, 0.3) is 0 Å². The number of carbonyl (C=O) groups excluding carboxylic acids is 1. The number of hydrogen-bond acceptors (Lipinski definition) is 3. The van der Waals surface area contributed by atoms with Crippen LogP contribution in [0.4, 0.5) is 0 Å². The van der Waals surface area contributed by atoms with E-state index < -0.39 is 0 Å². The standard InChI is InChI=1S/C15H21NO2/c1-3-4-8-16-9-12-10-18-15-11(2)6-5-7-13(15)14(12)17/h5-7,12,16H,3-4,8-10H2,1-2H3/t12-/m0/s1. The average molecular weight is 247 g/mol. The summed E-state index contributed by atoms with van der Waals surface area (Å²) in [5.41, 5.74) is 1.78. The molecule has 2 rings (SSSR count). The van der Waals surface area contributed by atoms with E-state index in [1.165, 1.54) is 6.42 Å². The predicted molar refractivity (Wildman–Crippen MR) is 72.3 cm³/mol. The van der Waals surface area contributed by atoms with E-state index in [0.29, 0.717) is 13.2 Å². The van der Waals surface area contributed by atoms with Gasteiger partial charge in [-0.2, -0.15) is 0 Å². The summed E-state index contributed by atoms with van der Waals surface area (Å²) in [7, 11) is 0. The summed E-state index contributed by atoms with van der Waals surface area (Å²) in [4.78, 5) is 12.3. The highest BCUT2D eigenvalue weighted by Gasteiger charge is 2.28. The Bertz CT molecular complexity index is 429. The van der Waals surface area contributed by atoms with E-state index in [4.69, 9.17) is 4.74 Å². The van der Waals surface area contributed by atoms with E-state index in [0.717, 1.165) is 29.8 Å². The Morgan fingerprint density at radius 2 is 2.28 bits per heavy atom. The number of benzene rings is 1. The molecule has 0 radical (unpaired) electrons. The van der Waals surface area contributed by atoms with Gasteiger partial charge in [-0.1, -0.05) is 25.5 Å². The lowest BCUT2D eigenvalue weighted by Gasteiger charge is -2.25. The molecular formula is C15H21NO2. The second-order valence-corrected chi connectivity index (χ2v) is 4.88. The van der Waals surface area contributed by atoms with Crippen LogP contribution in [0, 0.1) is 12.8 Å². The first-order chi connectivity index (χ1) is 8.74. The molecule has 0 saturated carbocycles. The number of ketones is 1. The van der Waals surface area contributed by atoms with Gasteiger partial charge in [-0.05, 0) is 31.5 Å². The van der Waals surface area contributed by atoms with Gasteiger partial charge in [0.15, 0.2) is 5.78 Å². The molecule has 0 saturated heterocycles. The van der Waals surface area contributed by atoms with E-state index >= 15 is 0 Å². The Labute approximate surface area is 109 Å². The summed E-state index contributed by atoms with van der Waals surface area (Å²) < 4.78 is 5.73. The zero-order valence-corrected chi connectivity index (χ0v) is 11.2. The van der Waals surface area contributed by atoms with E-state index in [9.17, 15) is 4.79 Å². The molecule has 0 aliphatic carbocycles. The highest BCUT2D eigenvalue weighted by molar-refractivity contribution is 6.01. The van der Waals surface area contributed by atoms with Crippen molar-refractivity contribution in [1.82, 2.24) is 5.32 Å². The molecule has 18 heavy (non-hydrogen) atoms. The number of unbranched alkanes of at least 4 members (excludes halogenated alkanes) is 1. The molecule has 0 spiro atoms. The Balaban J connectivity index is 2.00. The molecule has 3 heteroatoms. The summed E-state index contributed by atoms with van der Waals surface area (Å²) in [5.74, 6) is 0.937. The van der Waals surface area contributed by atoms with Gasteiger partial charge in [0.1, 0.15) is 5.75 Å². The van der Waals surface area contributed by atoms with Crippen molar-refractivity contribution in [3.63, 3.8) is 0 Å². The fraction of sp³-hybridized carbons (Fsp3) is 0.533. The van der Waals surface area contributed by atoms with E-state index in [-0.39, 0.29) is 11.7 Å². The third-order valence-corrected chi connectivity index (χ3v) is 3.37. The van der Waals surface area contributed by atoms with Gasteiger partial charge >= 0.3 is 0 Å². The number of hydrogen-bond donors (Lipinski definition) is 1. The zero-order chi connectivity index (χ0) is 13.0. The van der Waals surface area contributed by atoms with Crippen LogP contribution in [0.3, 0.4) is 0 Å². The second kappa shape index (κ2) is 6.01. The molecule has 98 valence electrons. The van der Waals surface area contributed by atoms with Crippen molar-refractivity contribution in [2.75, 3.05) is 19.7 Å². The maximum Gasteiger partial charge on any atom is 0.174 e. The van der Waals surface area contributed by atoms with E-state index in [2.05, 4.69) is 12.2 Å². The number of nitrogens with one attached hydrogen (secondary N) is 1. The quantitative estimate of drug-likeness (QED) is 0.813. The Kier molecular flexibility index (Phi) is 4.37. The molecule has 1 N–H and O–H groups in total. The van der Waals surface area contributed by atoms with Gasteiger partial charge in [0.05, 0.1) is 18.1 Å². The first-order valence-corrected chi connectivity index (χ1v) is 6.71. The van der Waals surface area contributed by atoms with Gasteiger partial charge in [-0.25, -0.2) is 0 Å². The molecule has 1 atom stereocenters. The number of fused-ring (bicyclic) bond motifs is 1. The number of rotatable bonds is 5. The summed E-state index contributed by atoms with van der Waals surface area (Å²) in [6.07, 6.45) is 2.32. The summed E-state index contributed by atoms with van der Waals surface area (Å²) in [6, 6.07) is 5.76. The summed E-state index contributed by atoms with van der Waals surface area (Å²) in [6.45, 7) is 6.32. The molecular weight excluding hydrogens is 226 g/mol. The first kappa shape index (κ1) is 13.1. The monoisotopic (exact) mass is 247 g/mol. The van der Waals surface area contributed by atoms with Crippen molar-refractivity contribution in [2.24, 2.45) is 5.92 Å². The van der Waals surface area contributed by atoms with Gasteiger partial charge in [0, 0.05) is 6.54 Å². The van der Waals surface area contributed by atoms with Crippen LogP contribution in [-0.2, 0) is 0 Å². The molecule has 0 unspecified atom stereocenters. The highest BCUT2D eigenvalue weighted by atomic mass is 16.5. The maximum absolute atomic E-state index is 12.3. The number of para-hydroxylation sites is 1. The smallest absolute Gasteiger partial charge is 0.174 e. The van der Waals surface area contributed by atoms with Crippen LogP contribution in [-0.4, -0.2) is 25.5 Å². The Morgan fingerprint density at radius 1 is 1.44 bits per heavy atom. The fourth-order valence-electron chi connectivity index (χ4n) is 2.25. The molecule has 1 aliphatic heterocycles. The normalized spacial score (nSPS) is 18.3. The van der Waals surface area contributed by atoms with Crippen molar-refractivity contribution in [1.29, 1.82) is 0 Å². The van der Waals surface area contributed by atoms with Gasteiger partial charge in [-0.3, -0.25) is 4.79 Å². The van der Waals surface area contributed by atoms with Crippen molar-refractivity contribution in [3.8, 4) is 5.75 Å². The van der Waals surface area contributed by atoms with Crippen molar-refractivity contribution < 1.29 is 9.53 Å². The fourth-order valence-corrected chi connectivity index (χ4v) is 2.25. The minimum absolute atomic E-state index is 0.0452. The van der Waals surface area contributed by atoms with Crippen molar-refractivity contribution in [2.45, 2.75) is 26.7 Å². The molecule has 1 heterocycles. The lowest BCUT2D eigenvalue weighted by atomic mass is 9.93. The van der Waals surface area contributed by atoms with Crippen LogP contribution in [0.15, 0.2) is 18.2 Å². The van der Waals surface area contributed by atoms with Crippen molar-refractivity contribution in [3.05, 3.63) is 29.3 Å². The third-order valence-electron chi connectivity index (χ3n) is 3.37. The number of Topliss-reactive ketones (excluding diaryl/α,β-unsaturated/α-hetero) is 1. The molecule has 0 bridgehead atoms. The van der Waals surface area contributed by atoms with E-state index in [1.807, 2.05) is 25.1 Å². The van der Waals surface area contributed by atoms with Crippen LogP contribution in [0.25, 0.3) is 0 Å². The molecule has 0 amide bonds. The molecule has 0 fully saturated rings. The van der Waals surface area contributed by atoms with Crippen LogP contribution in [0.1, 0.15) is 35.7 Å². The molecule has 0 aromatic heterocycles. The van der Waals surface area contributed by atoms with Crippen LogP contribution in [0.2, 0.25) is 0 Å². The highest BCUT2D eigenvalue weighted by Crippen LogP contribution is 2.30.